The van der Waals surface area contributed by atoms with Gasteiger partial charge in [-0.05, 0) is 5.56 Å². The van der Waals surface area contributed by atoms with E-state index in [1.54, 1.807) is 0 Å². The average molecular weight is 213 g/mol. The summed E-state index contributed by atoms with van der Waals surface area (Å²) in [6, 6.07) is 10.4. The maximum absolute atomic E-state index is 4.30. The highest BCUT2D eigenvalue weighted by molar-refractivity contribution is 5.29. The van der Waals surface area contributed by atoms with E-state index in [1.165, 1.54) is 11.1 Å². The van der Waals surface area contributed by atoms with Crippen LogP contribution < -0.4 is 0 Å². The molecule has 16 heavy (non-hydrogen) atoms. The highest BCUT2D eigenvalue weighted by Crippen LogP contribution is 2.24. The topological polar surface area (TPSA) is 28.7 Å². The van der Waals surface area contributed by atoms with E-state index in [9.17, 15) is 0 Å². The van der Waals surface area contributed by atoms with Crippen LogP contribution in [0.2, 0.25) is 0 Å². The van der Waals surface area contributed by atoms with E-state index in [0.717, 1.165) is 12.1 Å². The van der Waals surface area contributed by atoms with Crippen LogP contribution in [0.15, 0.2) is 30.3 Å². The first-order valence-electron chi connectivity index (χ1n) is 5.57. The minimum Gasteiger partial charge on any atom is -0.276 e. The van der Waals surface area contributed by atoms with Crippen LogP contribution in [0.25, 0.3) is 0 Å². The molecule has 2 nitrogen and oxygen atoms in total. The van der Waals surface area contributed by atoms with Crippen molar-refractivity contribution < 1.29 is 0 Å². The first-order valence-corrected chi connectivity index (χ1v) is 5.57. The van der Waals surface area contributed by atoms with Gasteiger partial charge in [0, 0.05) is 17.4 Å². The van der Waals surface area contributed by atoms with Gasteiger partial charge in [-0.3, -0.25) is 5.10 Å². The Morgan fingerprint density at radius 3 is 2.50 bits per heavy atom. The van der Waals surface area contributed by atoms with Gasteiger partial charge in [0.15, 0.2) is 0 Å². The number of benzene rings is 1. The predicted molar refractivity (Wildman–Crippen MR) is 65.4 cm³/mol. The molecule has 0 saturated carbocycles. The maximum Gasteiger partial charge on any atom is 0.0870 e. The van der Waals surface area contributed by atoms with Crippen molar-refractivity contribution in [2.75, 3.05) is 0 Å². The first-order chi connectivity index (χ1) is 7.57. The Morgan fingerprint density at radius 1 is 1.19 bits per heavy atom. The molecule has 2 rings (SSSR count). The van der Waals surface area contributed by atoms with Crippen LogP contribution >= 0.6 is 0 Å². The average Bonchev–Trinajstić information content (AvgIpc) is 2.67. The highest BCUT2D eigenvalue weighted by atomic mass is 15.1. The van der Waals surface area contributed by atoms with Crippen molar-refractivity contribution in [3.8, 4) is 0 Å². The monoisotopic (exact) mass is 213 g/mol. The molecule has 0 atom stereocenters. The summed E-state index contributed by atoms with van der Waals surface area (Å²) in [5.74, 6) is 0. The second-order valence-corrected chi connectivity index (χ2v) is 5.09. The van der Waals surface area contributed by atoms with E-state index in [2.05, 4.69) is 61.4 Å². The van der Waals surface area contributed by atoms with E-state index in [0.29, 0.717) is 0 Å². The molecule has 2 heteroatoms. The molecule has 0 saturated heterocycles. The zero-order valence-corrected chi connectivity index (χ0v) is 10.0. The SMILES string of the molecule is CC(C)(C)c1n[nH][c]c1Cc1ccccc1. The lowest BCUT2D eigenvalue weighted by Gasteiger charge is -2.17. The number of hydrogen-bond donors (Lipinski definition) is 1. The van der Waals surface area contributed by atoms with Gasteiger partial charge in [-0.2, -0.15) is 5.10 Å². The summed E-state index contributed by atoms with van der Waals surface area (Å²) in [5.41, 5.74) is 3.64. The van der Waals surface area contributed by atoms with Crippen LogP contribution in [0.1, 0.15) is 37.6 Å². The van der Waals surface area contributed by atoms with Crippen LogP contribution in [0, 0.1) is 6.20 Å². The van der Waals surface area contributed by atoms with Crippen LogP contribution in [0.4, 0.5) is 0 Å². The molecule has 0 bridgehead atoms. The molecule has 0 aliphatic heterocycles. The molecule has 0 amide bonds. The van der Waals surface area contributed by atoms with Gasteiger partial charge in [0.05, 0.1) is 11.9 Å². The van der Waals surface area contributed by atoms with Gasteiger partial charge in [0.25, 0.3) is 0 Å². The molecule has 0 fully saturated rings. The molecule has 0 unspecified atom stereocenters. The minimum atomic E-state index is 0.0701. The van der Waals surface area contributed by atoms with Crippen LogP contribution in [-0.2, 0) is 11.8 Å². The zero-order valence-electron chi connectivity index (χ0n) is 10.0. The van der Waals surface area contributed by atoms with E-state index in [-0.39, 0.29) is 5.41 Å². The Hall–Kier alpha value is -1.57. The lowest BCUT2D eigenvalue weighted by Crippen LogP contribution is -2.14. The van der Waals surface area contributed by atoms with Crippen molar-refractivity contribution in [1.82, 2.24) is 10.2 Å². The third-order valence-electron chi connectivity index (χ3n) is 2.59. The summed E-state index contributed by atoms with van der Waals surface area (Å²) >= 11 is 0. The standard InChI is InChI=1S/C14H17N2/c1-14(2,3)13-12(10-15-16-13)9-11-7-5-4-6-8-11/h4-8H,9H2,1-3H3,(H,15,16). The number of aromatic amines is 1. The Morgan fingerprint density at radius 2 is 1.88 bits per heavy atom. The quantitative estimate of drug-likeness (QED) is 0.816. The minimum absolute atomic E-state index is 0.0701. The van der Waals surface area contributed by atoms with Crippen molar-refractivity contribution in [3.05, 3.63) is 53.3 Å². The van der Waals surface area contributed by atoms with Crippen LogP contribution in [0.5, 0.6) is 0 Å². The third-order valence-corrected chi connectivity index (χ3v) is 2.59. The largest absolute Gasteiger partial charge is 0.276 e. The van der Waals surface area contributed by atoms with Crippen LogP contribution in [0.3, 0.4) is 0 Å². The van der Waals surface area contributed by atoms with E-state index in [4.69, 9.17) is 0 Å². The van der Waals surface area contributed by atoms with Gasteiger partial charge in [0.1, 0.15) is 0 Å². The van der Waals surface area contributed by atoms with Crippen molar-refractivity contribution in [2.24, 2.45) is 0 Å². The van der Waals surface area contributed by atoms with Gasteiger partial charge >= 0.3 is 0 Å². The fourth-order valence-electron chi connectivity index (χ4n) is 1.83. The normalized spacial score (nSPS) is 11.7. The Kier molecular flexibility index (Phi) is 2.82. The maximum atomic E-state index is 4.30. The molecular weight excluding hydrogens is 196 g/mol. The van der Waals surface area contributed by atoms with Gasteiger partial charge in [0.2, 0.25) is 0 Å². The molecule has 1 heterocycles. The Bertz CT molecular complexity index is 449. The molecule has 0 aliphatic carbocycles. The fourth-order valence-corrected chi connectivity index (χ4v) is 1.83. The molecule has 1 aromatic carbocycles. The Balaban J connectivity index is 2.26. The highest BCUT2D eigenvalue weighted by Gasteiger charge is 2.20. The van der Waals surface area contributed by atoms with Crippen molar-refractivity contribution in [3.63, 3.8) is 0 Å². The summed E-state index contributed by atoms with van der Waals surface area (Å²) in [7, 11) is 0. The Labute approximate surface area is 96.7 Å². The summed E-state index contributed by atoms with van der Waals surface area (Å²) in [6.45, 7) is 6.52. The molecule has 2 aromatic rings. The second kappa shape index (κ2) is 4.12. The van der Waals surface area contributed by atoms with Gasteiger partial charge in [-0.15, -0.1) is 0 Å². The van der Waals surface area contributed by atoms with Gasteiger partial charge in [-0.1, -0.05) is 51.1 Å². The summed E-state index contributed by atoms with van der Waals surface area (Å²) in [6.07, 6.45) is 4.02. The number of H-pyrrole nitrogens is 1. The summed E-state index contributed by atoms with van der Waals surface area (Å²) < 4.78 is 0. The van der Waals surface area contributed by atoms with Crippen molar-refractivity contribution in [1.29, 1.82) is 0 Å². The van der Waals surface area contributed by atoms with Crippen molar-refractivity contribution in [2.45, 2.75) is 32.6 Å². The summed E-state index contributed by atoms with van der Waals surface area (Å²) in [4.78, 5) is 0. The number of aromatic nitrogens is 2. The molecule has 0 aliphatic rings. The number of nitrogens with one attached hydrogen (secondary N) is 1. The van der Waals surface area contributed by atoms with Crippen molar-refractivity contribution >= 4 is 0 Å². The first kappa shape index (κ1) is 10.9. The van der Waals surface area contributed by atoms with Crippen LogP contribution in [-0.4, -0.2) is 10.2 Å². The number of nitrogens with zero attached hydrogens (tertiary/aromatic N) is 1. The second-order valence-electron chi connectivity index (χ2n) is 5.09. The smallest absolute Gasteiger partial charge is 0.0870 e. The van der Waals surface area contributed by atoms with E-state index >= 15 is 0 Å². The molecule has 1 radical (unpaired) electrons. The number of hydrogen-bond acceptors (Lipinski definition) is 1. The molecule has 1 aromatic heterocycles. The zero-order chi connectivity index (χ0) is 11.6. The third kappa shape index (κ3) is 2.32. The summed E-state index contributed by atoms with van der Waals surface area (Å²) in [5, 5.41) is 7.15. The molecule has 1 N–H and O–H groups in total. The molecule has 0 spiro atoms. The van der Waals surface area contributed by atoms with E-state index < -0.39 is 0 Å². The van der Waals surface area contributed by atoms with Gasteiger partial charge in [-0.25, -0.2) is 0 Å². The van der Waals surface area contributed by atoms with E-state index in [1.807, 2.05) is 6.07 Å². The predicted octanol–water partition coefficient (Wildman–Crippen LogP) is 3.10. The molecular formula is C14H17N2. The molecule has 83 valence electrons. The van der Waals surface area contributed by atoms with Gasteiger partial charge < -0.3 is 0 Å². The lowest BCUT2D eigenvalue weighted by molar-refractivity contribution is 0.561. The fraction of sp³-hybridized carbons (Fsp3) is 0.357. The lowest BCUT2D eigenvalue weighted by atomic mass is 9.88. The number of rotatable bonds is 2.